The van der Waals surface area contributed by atoms with Crippen molar-refractivity contribution in [2.75, 3.05) is 7.11 Å². The molecular formula is C11H13FN2O4. The second-order valence-electron chi connectivity index (χ2n) is 4.13. The minimum absolute atomic E-state index is 0.0282. The Labute approximate surface area is 103 Å². The number of methoxy groups -OCH3 is 1. The molecule has 0 heterocycles. The van der Waals surface area contributed by atoms with E-state index < -0.39 is 10.7 Å². The summed E-state index contributed by atoms with van der Waals surface area (Å²) in [4.78, 5) is 9.79. The lowest BCUT2D eigenvalue weighted by Gasteiger charge is -2.40. The lowest BCUT2D eigenvalue weighted by molar-refractivity contribution is -0.385. The van der Waals surface area contributed by atoms with Gasteiger partial charge in [-0.05, 0) is 6.07 Å². The van der Waals surface area contributed by atoms with Crippen molar-refractivity contribution >= 4 is 5.69 Å². The predicted octanol–water partition coefficient (Wildman–Crippen LogP) is 1.23. The summed E-state index contributed by atoms with van der Waals surface area (Å²) in [5.74, 6) is -0.793. The van der Waals surface area contributed by atoms with Crippen LogP contribution in [0.4, 0.5) is 10.1 Å². The van der Waals surface area contributed by atoms with Gasteiger partial charge in [0.2, 0.25) is 0 Å². The summed E-state index contributed by atoms with van der Waals surface area (Å²) in [7, 11) is 1.51. The van der Waals surface area contributed by atoms with Gasteiger partial charge in [-0.3, -0.25) is 10.1 Å². The zero-order valence-corrected chi connectivity index (χ0v) is 9.71. The zero-order valence-electron chi connectivity index (χ0n) is 9.71. The van der Waals surface area contributed by atoms with E-state index in [1.807, 2.05) is 0 Å². The monoisotopic (exact) mass is 256 g/mol. The highest BCUT2D eigenvalue weighted by molar-refractivity contribution is 5.37. The molecule has 2 rings (SSSR count). The number of nitrogens with zero attached hydrogens (tertiary/aromatic N) is 1. The maximum Gasteiger partial charge on any atom is 0.272 e. The molecule has 7 heteroatoms. The fourth-order valence-electron chi connectivity index (χ4n) is 1.92. The van der Waals surface area contributed by atoms with Crippen molar-refractivity contribution in [1.82, 2.24) is 0 Å². The van der Waals surface area contributed by atoms with Gasteiger partial charge < -0.3 is 15.2 Å². The van der Waals surface area contributed by atoms with Crippen LogP contribution in [0, 0.1) is 15.9 Å². The Morgan fingerprint density at radius 2 is 2.28 bits per heavy atom. The first-order valence-corrected chi connectivity index (χ1v) is 5.42. The molecule has 1 aliphatic carbocycles. The van der Waals surface area contributed by atoms with E-state index in [0.29, 0.717) is 6.42 Å². The Morgan fingerprint density at radius 1 is 1.56 bits per heavy atom. The molecule has 3 unspecified atom stereocenters. The SMILES string of the molecule is COC1C(N)CC1Oc1ccc([N+](=O)[O-])cc1F. The smallest absolute Gasteiger partial charge is 0.272 e. The minimum Gasteiger partial charge on any atom is -0.485 e. The highest BCUT2D eigenvalue weighted by atomic mass is 19.1. The number of benzene rings is 1. The van der Waals surface area contributed by atoms with Gasteiger partial charge in [0.15, 0.2) is 11.6 Å². The molecule has 0 aliphatic heterocycles. The molecule has 0 aromatic heterocycles. The molecule has 0 spiro atoms. The number of nitro groups is 1. The normalized spacial score (nSPS) is 26.5. The summed E-state index contributed by atoms with van der Waals surface area (Å²) in [6, 6.07) is 3.14. The number of ether oxygens (including phenoxy) is 2. The molecule has 1 aliphatic rings. The molecule has 6 nitrogen and oxygen atoms in total. The van der Waals surface area contributed by atoms with Crippen LogP contribution in [0.1, 0.15) is 6.42 Å². The van der Waals surface area contributed by atoms with Crippen molar-refractivity contribution in [2.24, 2.45) is 5.73 Å². The van der Waals surface area contributed by atoms with E-state index in [0.717, 1.165) is 6.07 Å². The number of nitrogens with two attached hydrogens (primary N) is 1. The number of hydrogen-bond acceptors (Lipinski definition) is 5. The maximum absolute atomic E-state index is 13.6. The first-order valence-electron chi connectivity index (χ1n) is 5.42. The maximum atomic E-state index is 13.6. The molecular weight excluding hydrogens is 243 g/mol. The van der Waals surface area contributed by atoms with Crippen LogP contribution in [-0.4, -0.2) is 30.3 Å². The fourth-order valence-corrected chi connectivity index (χ4v) is 1.92. The summed E-state index contributed by atoms with van der Waals surface area (Å²) in [5, 5.41) is 10.5. The van der Waals surface area contributed by atoms with Crippen molar-refractivity contribution in [1.29, 1.82) is 0 Å². The van der Waals surface area contributed by atoms with Crippen LogP contribution < -0.4 is 10.5 Å². The molecule has 1 aromatic rings. The lowest BCUT2D eigenvalue weighted by Crippen LogP contribution is -2.59. The Morgan fingerprint density at radius 3 is 2.78 bits per heavy atom. The molecule has 2 N–H and O–H groups in total. The third-order valence-electron chi connectivity index (χ3n) is 2.97. The second-order valence-corrected chi connectivity index (χ2v) is 4.13. The average molecular weight is 256 g/mol. The topological polar surface area (TPSA) is 87.6 Å². The third kappa shape index (κ3) is 2.27. The van der Waals surface area contributed by atoms with Crippen molar-refractivity contribution < 1.29 is 18.8 Å². The van der Waals surface area contributed by atoms with Crippen LogP contribution in [0.5, 0.6) is 5.75 Å². The van der Waals surface area contributed by atoms with Gasteiger partial charge in [0.25, 0.3) is 5.69 Å². The number of non-ortho nitro benzene ring substituents is 1. The summed E-state index contributed by atoms with van der Waals surface area (Å²) >= 11 is 0. The van der Waals surface area contributed by atoms with E-state index in [4.69, 9.17) is 15.2 Å². The van der Waals surface area contributed by atoms with E-state index >= 15 is 0 Å². The highest BCUT2D eigenvalue weighted by Gasteiger charge is 2.41. The molecule has 3 atom stereocenters. The molecule has 98 valence electrons. The number of halogens is 1. The minimum atomic E-state index is -0.764. The first kappa shape index (κ1) is 12.7. The van der Waals surface area contributed by atoms with Gasteiger partial charge in [0.1, 0.15) is 12.2 Å². The van der Waals surface area contributed by atoms with Crippen LogP contribution in [0.25, 0.3) is 0 Å². The zero-order chi connectivity index (χ0) is 13.3. The predicted molar refractivity (Wildman–Crippen MR) is 60.9 cm³/mol. The van der Waals surface area contributed by atoms with Crippen LogP contribution in [0.3, 0.4) is 0 Å². The standard InChI is InChI=1S/C11H13FN2O4/c1-17-11-8(13)5-10(11)18-9-3-2-6(14(15)16)4-7(9)12/h2-4,8,10-11H,5,13H2,1H3. The largest absolute Gasteiger partial charge is 0.485 e. The molecule has 0 saturated heterocycles. The van der Waals surface area contributed by atoms with Gasteiger partial charge in [0.05, 0.1) is 11.0 Å². The van der Waals surface area contributed by atoms with Gasteiger partial charge in [-0.15, -0.1) is 0 Å². The van der Waals surface area contributed by atoms with Crippen molar-refractivity contribution in [3.63, 3.8) is 0 Å². The molecule has 1 fully saturated rings. The summed E-state index contributed by atoms with van der Waals surface area (Å²) < 4.78 is 24.0. The van der Waals surface area contributed by atoms with Crippen molar-refractivity contribution in [3.05, 3.63) is 34.1 Å². The molecule has 0 radical (unpaired) electrons. The van der Waals surface area contributed by atoms with Crippen molar-refractivity contribution in [2.45, 2.75) is 24.7 Å². The van der Waals surface area contributed by atoms with Gasteiger partial charge in [-0.25, -0.2) is 4.39 Å². The van der Waals surface area contributed by atoms with Gasteiger partial charge in [-0.1, -0.05) is 0 Å². The van der Waals surface area contributed by atoms with Crippen LogP contribution in [0.2, 0.25) is 0 Å². The molecule has 1 saturated carbocycles. The Bertz CT molecular complexity index is 468. The Balaban J connectivity index is 2.09. The van der Waals surface area contributed by atoms with E-state index in [1.165, 1.54) is 19.2 Å². The molecule has 1 aromatic carbocycles. The van der Waals surface area contributed by atoms with Crippen LogP contribution in [0.15, 0.2) is 18.2 Å². The second kappa shape index (κ2) is 4.87. The Hall–Kier alpha value is -1.73. The molecule has 0 amide bonds. The van der Waals surface area contributed by atoms with Crippen LogP contribution in [-0.2, 0) is 4.74 Å². The van der Waals surface area contributed by atoms with Crippen molar-refractivity contribution in [3.8, 4) is 5.75 Å². The summed E-state index contributed by atoms with van der Waals surface area (Å²) in [5.41, 5.74) is 5.38. The molecule has 18 heavy (non-hydrogen) atoms. The fraction of sp³-hybridized carbons (Fsp3) is 0.455. The number of hydrogen-bond donors (Lipinski definition) is 1. The number of nitro benzene ring substituents is 1. The quantitative estimate of drug-likeness (QED) is 0.646. The third-order valence-corrected chi connectivity index (χ3v) is 2.97. The van der Waals surface area contributed by atoms with Gasteiger partial charge in [0, 0.05) is 25.6 Å². The Kier molecular flexibility index (Phi) is 3.44. The van der Waals surface area contributed by atoms with E-state index in [9.17, 15) is 14.5 Å². The van der Waals surface area contributed by atoms with E-state index in [-0.39, 0.29) is 29.7 Å². The summed E-state index contributed by atoms with van der Waals surface area (Å²) in [6.07, 6.45) is -0.0323. The van der Waals surface area contributed by atoms with E-state index in [2.05, 4.69) is 0 Å². The summed E-state index contributed by atoms with van der Waals surface area (Å²) in [6.45, 7) is 0. The lowest BCUT2D eigenvalue weighted by atomic mass is 9.86. The highest BCUT2D eigenvalue weighted by Crippen LogP contribution is 2.30. The molecule has 0 bridgehead atoms. The number of rotatable bonds is 4. The van der Waals surface area contributed by atoms with Gasteiger partial charge in [-0.2, -0.15) is 0 Å². The first-order chi connectivity index (χ1) is 8.52. The van der Waals surface area contributed by atoms with Crippen LogP contribution >= 0.6 is 0 Å². The average Bonchev–Trinajstić information content (AvgIpc) is 2.30. The van der Waals surface area contributed by atoms with E-state index in [1.54, 1.807) is 0 Å². The van der Waals surface area contributed by atoms with Gasteiger partial charge >= 0.3 is 0 Å².